The van der Waals surface area contributed by atoms with Crippen LogP contribution in [0.2, 0.25) is 0 Å². The summed E-state index contributed by atoms with van der Waals surface area (Å²) in [6.07, 6.45) is 12.8. The maximum atomic E-state index is 5.50. The van der Waals surface area contributed by atoms with Crippen molar-refractivity contribution in [2.45, 2.75) is 13.8 Å². The molecule has 0 aliphatic rings. The molecule has 0 aliphatic heterocycles. The fourth-order valence-electron chi connectivity index (χ4n) is 0.905. The minimum atomic E-state index is 0.638. The summed E-state index contributed by atoms with van der Waals surface area (Å²) in [6.45, 7) is 3.90. The molecule has 1 aromatic heterocycles. The van der Waals surface area contributed by atoms with Gasteiger partial charge in [0.2, 0.25) is 5.88 Å². The topological polar surface area (TPSA) is 37.9 Å². The monoisotopic (exact) mass is 190 g/mol. The highest BCUT2D eigenvalue weighted by Crippen LogP contribution is 2.09. The lowest BCUT2D eigenvalue weighted by Crippen LogP contribution is -1.91. The third-order valence-corrected chi connectivity index (χ3v) is 1.48. The number of H-pyrrole nitrogens is 1. The molecule has 1 heterocycles. The quantitative estimate of drug-likeness (QED) is 0.585. The number of hydrogen-bond donors (Lipinski definition) is 1. The molecular weight excluding hydrogens is 176 g/mol. The molecule has 0 bridgehead atoms. The van der Waals surface area contributed by atoms with Gasteiger partial charge < -0.3 is 9.72 Å². The predicted octanol–water partition coefficient (Wildman–Crippen LogP) is 2.82. The molecular formula is C11H14N2O. The van der Waals surface area contributed by atoms with E-state index in [4.69, 9.17) is 4.74 Å². The van der Waals surface area contributed by atoms with Gasteiger partial charge in [-0.2, -0.15) is 0 Å². The van der Waals surface area contributed by atoms with Crippen molar-refractivity contribution >= 4 is 0 Å². The van der Waals surface area contributed by atoms with Gasteiger partial charge in [0.1, 0.15) is 5.76 Å². The summed E-state index contributed by atoms with van der Waals surface area (Å²) in [4.78, 5) is 6.74. The molecule has 3 heteroatoms. The molecule has 0 radical (unpaired) electrons. The van der Waals surface area contributed by atoms with Crippen LogP contribution in [0.1, 0.15) is 13.8 Å². The van der Waals surface area contributed by atoms with Crippen LogP contribution in [0.15, 0.2) is 48.7 Å². The molecule has 3 nitrogen and oxygen atoms in total. The average molecular weight is 190 g/mol. The second-order valence-electron chi connectivity index (χ2n) is 2.61. The molecule has 74 valence electrons. The van der Waals surface area contributed by atoms with Crippen LogP contribution in [-0.2, 0) is 0 Å². The van der Waals surface area contributed by atoms with Gasteiger partial charge in [-0.1, -0.05) is 18.2 Å². The predicted molar refractivity (Wildman–Crippen MR) is 56.9 cm³/mol. The number of allylic oxidation sites excluding steroid dienone is 5. The minimum absolute atomic E-state index is 0.638. The molecule has 0 atom stereocenters. The smallest absolute Gasteiger partial charge is 0.217 e. The summed E-state index contributed by atoms with van der Waals surface area (Å²) in [5.41, 5.74) is 0. The van der Waals surface area contributed by atoms with Crippen molar-refractivity contribution in [2.75, 3.05) is 0 Å². The Labute approximate surface area is 83.8 Å². The molecule has 1 rings (SSSR count). The fourth-order valence-corrected chi connectivity index (χ4v) is 0.905. The summed E-state index contributed by atoms with van der Waals surface area (Å²) in [5.74, 6) is 1.41. The molecule has 14 heavy (non-hydrogen) atoms. The van der Waals surface area contributed by atoms with Gasteiger partial charge in [0.15, 0.2) is 0 Å². The van der Waals surface area contributed by atoms with Crippen LogP contribution in [0.25, 0.3) is 0 Å². The van der Waals surface area contributed by atoms with E-state index in [0.29, 0.717) is 5.88 Å². The van der Waals surface area contributed by atoms with E-state index >= 15 is 0 Å². The zero-order valence-corrected chi connectivity index (χ0v) is 8.40. The van der Waals surface area contributed by atoms with E-state index in [0.717, 1.165) is 5.76 Å². The number of hydrogen-bond acceptors (Lipinski definition) is 2. The highest BCUT2D eigenvalue weighted by Gasteiger charge is 1.95. The Hall–Kier alpha value is -1.77. The van der Waals surface area contributed by atoms with Gasteiger partial charge in [-0.05, 0) is 26.0 Å². The normalized spacial score (nSPS) is 12.9. The van der Waals surface area contributed by atoms with Gasteiger partial charge in [-0.25, -0.2) is 4.98 Å². The number of nitrogens with one attached hydrogen (secondary N) is 1. The van der Waals surface area contributed by atoms with Gasteiger partial charge in [0.05, 0.1) is 12.5 Å². The summed E-state index contributed by atoms with van der Waals surface area (Å²) in [7, 11) is 0. The molecule has 0 amide bonds. The van der Waals surface area contributed by atoms with Crippen LogP contribution in [0.5, 0.6) is 5.88 Å². The van der Waals surface area contributed by atoms with Crippen molar-refractivity contribution in [1.82, 2.24) is 9.97 Å². The van der Waals surface area contributed by atoms with Crippen molar-refractivity contribution in [2.24, 2.45) is 0 Å². The molecule has 1 aromatic rings. The highest BCUT2D eigenvalue weighted by atomic mass is 16.5. The van der Waals surface area contributed by atoms with Crippen LogP contribution >= 0.6 is 0 Å². The highest BCUT2D eigenvalue weighted by molar-refractivity contribution is 5.22. The van der Waals surface area contributed by atoms with Crippen molar-refractivity contribution in [3.8, 4) is 5.88 Å². The van der Waals surface area contributed by atoms with Crippen molar-refractivity contribution < 1.29 is 4.74 Å². The first kappa shape index (κ1) is 10.3. The fraction of sp³-hybridized carbons (Fsp3) is 0.182. The lowest BCUT2D eigenvalue weighted by Gasteiger charge is -2.01. The van der Waals surface area contributed by atoms with E-state index in [1.54, 1.807) is 12.5 Å². The van der Waals surface area contributed by atoms with E-state index in [2.05, 4.69) is 9.97 Å². The second-order valence-corrected chi connectivity index (χ2v) is 2.61. The maximum absolute atomic E-state index is 5.50. The Morgan fingerprint density at radius 1 is 1.43 bits per heavy atom. The van der Waals surface area contributed by atoms with Crippen molar-refractivity contribution in [3.63, 3.8) is 0 Å². The summed E-state index contributed by atoms with van der Waals surface area (Å²) < 4.78 is 5.50. The molecule has 1 N–H and O–H groups in total. The largest absolute Gasteiger partial charge is 0.439 e. The van der Waals surface area contributed by atoms with Gasteiger partial charge in [0, 0.05) is 0 Å². The van der Waals surface area contributed by atoms with Gasteiger partial charge >= 0.3 is 0 Å². The minimum Gasteiger partial charge on any atom is -0.439 e. The Morgan fingerprint density at radius 3 is 2.86 bits per heavy atom. The molecule has 0 saturated carbocycles. The lowest BCUT2D eigenvalue weighted by molar-refractivity contribution is 0.429. The van der Waals surface area contributed by atoms with Crippen LogP contribution in [0, 0.1) is 0 Å². The van der Waals surface area contributed by atoms with Crippen molar-refractivity contribution in [1.29, 1.82) is 0 Å². The molecule has 0 spiro atoms. The van der Waals surface area contributed by atoms with E-state index in [9.17, 15) is 0 Å². The maximum Gasteiger partial charge on any atom is 0.217 e. The zero-order chi connectivity index (χ0) is 10.2. The number of aromatic amines is 1. The van der Waals surface area contributed by atoms with Crippen molar-refractivity contribution in [3.05, 3.63) is 48.7 Å². The Bertz CT molecular complexity index is 334. The standard InChI is InChI=1S/C11H14N2O/c1-3-5-7-10(6-4-2)14-11-8-12-9-13-11/h3-9H,1-2H3,(H,12,13)/b5-3-,6-4-,10-7+. The number of nitrogens with zero attached hydrogens (tertiary/aromatic N) is 1. The molecule has 0 unspecified atom stereocenters. The van der Waals surface area contributed by atoms with Crippen LogP contribution in [0.4, 0.5) is 0 Å². The second kappa shape index (κ2) is 5.80. The average Bonchev–Trinajstić information content (AvgIpc) is 2.67. The van der Waals surface area contributed by atoms with Gasteiger partial charge in [0.25, 0.3) is 0 Å². The first-order valence-electron chi connectivity index (χ1n) is 4.48. The van der Waals surface area contributed by atoms with Gasteiger partial charge in [-0.15, -0.1) is 0 Å². The SMILES string of the molecule is C\C=C/C=C(\C=C/C)Oc1cnc[nH]1. The number of rotatable bonds is 4. The van der Waals surface area contributed by atoms with Crippen LogP contribution in [0.3, 0.4) is 0 Å². The summed E-state index contributed by atoms with van der Waals surface area (Å²) in [6, 6.07) is 0. The van der Waals surface area contributed by atoms with Crippen LogP contribution < -0.4 is 4.74 Å². The molecule has 0 aliphatic carbocycles. The Morgan fingerprint density at radius 2 is 2.29 bits per heavy atom. The summed E-state index contributed by atoms with van der Waals surface area (Å²) >= 11 is 0. The van der Waals surface area contributed by atoms with Gasteiger partial charge in [-0.3, -0.25) is 0 Å². The van der Waals surface area contributed by atoms with Crippen LogP contribution in [-0.4, -0.2) is 9.97 Å². The van der Waals surface area contributed by atoms with E-state index in [-0.39, 0.29) is 0 Å². The molecule has 0 saturated heterocycles. The Balaban J connectivity index is 2.70. The molecule has 0 aromatic carbocycles. The third kappa shape index (κ3) is 3.31. The first-order valence-corrected chi connectivity index (χ1v) is 4.48. The number of ether oxygens (including phenoxy) is 1. The Kier molecular flexibility index (Phi) is 4.27. The zero-order valence-electron chi connectivity index (χ0n) is 8.40. The van der Waals surface area contributed by atoms with E-state index in [1.807, 2.05) is 44.2 Å². The lowest BCUT2D eigenvalue weighted by atomic mass is 10.3. The third-order valence-electron chi connectivity index (χ3n) is 1.48. The number of imidazole rings is 1. The van der Waals surface area contributed by atoms with E-state index < -0.39 is 0 Å². The molecule has 0 fully saturated rings. The number of aromatic nitrogens is 2. The first-order chi connectivity index (χ1) is 6.86. The van der Waals surface area contributed by atoms with E-state index in [1.165, 1.54) is 0 Å². The summed E-state index contributed by atoms with van der Waals surface area (Å²) in [5, 5.41) is 0.